The quantitative estimate of drug-likeness (QED) is 0.888. The minimum atomic E-state index is 0.00525. The molecule has 3 rings (SSSR count). The SMILES string of the molecule is O=C(NCCn1ccnc1)c1cccc2c1CCCN2. The van der Waals surface area contributed by atoms with Gasteiger partial charge in [0.2, 0.25) is 0 Å². The first kappa shape index (κ1) is 12.7. The highest BCUT2D eigenvalue weighted by molar-refractivity contribution is 5.97. The summed E-state index contributed by atoms with van der Waals surface area (Å²) in [6, 6.07) is 5.87. The molecule has 0 radical (unpaired) electrons. The topological polar surface area (TPSA) is 59.0 Å². The molecule has 2 aromatic rings. The fraction of sp³-hybridized carbons (Fsp3) is 0.333. The maximum absolute atomic E-state index is 12.3. The summed E-state index contributed by atoms with van der Waals surface area (Å²) in [5.74, 6) is 0.00525. The van der Waals surface area contributed by atoms with Gasteiger partial charge in [0.25, 0.3) is 5.91 Å². The summed E-state index contributed by atoms with van der Waals surface area (Å²) in [5, 5.41) is 6.32. The van der Waals surface area contributed by atoms with Crippen LogP contribution in [0.5, 0.6) is 0 Å². The number of hydrogen-bond donors (Lipinski definition) is 2. The number of hydrogen-bond acceptors (Lipinski definition) is 3. The van der Waals surface area contributed by atoms with Crippen LogP contribution in [-0.2, 0) is 13.0 Å². The van der Waals surface area contributed by atoms with Crippen LogP contribution in [0.25, 0.3) is 0 Å². The summed E-state index contributed by atoms with van der Waals surface area (Å²) in [7, 11) is 0. The predicted molar refractivity (Wildman–Crippen MR) is 77.8 cm³/mol. The summed E-state index contributed by atoms with van der Waals surface area (Å²) in [6.07, 6.45) is 7.42. The zero-order valence-corrected chi connectivity index (χ0v) is 11.3. The molecular formula is C15H18N4O. The van der Waals surface area contributed by atoms with Crippen molar-refractivity contribution in [3.8, 4) is 0 Å². The zero-order valence-electron chi connectivity index (χ0n) is 11.3. The Bertz CT molecular complexity index is 592. The monoisotopic (exact) mass is 270 g/mol. The number of benzene rings is 1. The molecule has 0 unspecified atom stereocenters. The average molecular weight is 270 g/mol. The van der Waals surface area contributed by atoms with E-state index in [1.807, 2.05) is 29.0 Å². The van der Waals surface area contributed by atoms with Gasteiger partial charge < -0.3 is 15.2 Å². The number of carbonyl (C=O) groups excluding carboxylic acids is 1. The number of rotatable bonds is 4. The van der Waals surface area contributed by atoms with Crippen molar-refractivity contribution in [3.05, 3.63) is 48.0 Å². The van der Waals surface area contributed by atoms with Crippen molar-refractivity contribution in [3.63, 3.8) is 0 Å². The van der Waals surface area contributed by atoms with E-state index >= 15 is 0 Å². The van der Waals surface area contributed by atoms with Crippen LogP contribution in [0.15, 0.2) is 36.9 Å². The lowest BCUT2D eigenvalue weighted by atomic mass is 9.97. The number of anilines is 1. The van der Waals surface area contributed by atoms with Crippen LogP contribution in [0.4, 0.5) is 5.69 Å². The van der Waals surface area contributed by atoms with Crippen LogP contribution in [0.2, 0.25) is 0 Å². The average Bonchev–Trinajstić information content (AvgIpc) is 3.00. The Balaban J connectivity index is 1.65. The van der Waals surface area contributed by atoms with E-state index < -0.39 is 0 Å². The number of nitrogens with one attached hydrogen (secondary N) is 2. The van der Waals surface area contributed by atoms with Gasteiger partial charge in [-0.2, -0.15) is 0 Å². The molecular weight excluding hydrogens is 252 g/mol. The molecule has 20 heavy (non-hydrogen) atoms. The van der Waals surface area contributed by atoms with Gasteiger partial charge in [-0.15, -0.1) is 0 Å². The molecule has 0 fully saturated rings. The number of imidazole rings is 1. The minimum Gasteiger partial charge on any atom is -0.385 e. The summed E-state index contributed by atoms with van der Waals surface area (Å²) >= 11 is 0. The third kappa shape index (κ3) is 2.66. The smallest absolute Gasteiger partial charge is 0.251 e. The van der Waals surface area contributed by atoms with E-state index in [1.165, 1.54) is 0 Å². The largest absolute Gasteiger partial charge is 0.385 e. The Hall–Kier alpha value is -2.30. The first-order valence-corrected chi connectivity index (χ1v) is 6.94. The molecule has 0 atom stereocenters. The van der Waals surface area contributed by atoms with Crippen LogP contribution < -0.4 is 10.6 Å². The number of fused-ring (bicyclic) bond motifs is 1. The summed E-state index contributed by atoms with van der Waals surface area (Å²) in [4.78, 5) is 16.3. The van der Waals surface area contributed by atoms with Gasteiger partial charge in [-0.25, -0.2) is 4.98 Å². The first-order valence-electron chi connectivity index (χ1n) is 6.94. The Labute approximate surface area is 118 Å². The van der Waals surface area contributed by atoms with Crippen LogP contribution in [0.3, 0.4) is 0 Å². The minimum absolute atomic E-state index is 0.00525. The van der Waals surface area contributed by atoms with Crippen molar-refractivity contribution in [2.45, 2.75) is 19.4 Å². The molecule has 1 amide bonds. The fourth-order valence-corrected chi connectivity index (χ4v) is 2.54. The molecule has 0 saturated heterocycles. The van der Waals surface area contributed by atoms with Crippen molar-refractivity contribution >= 4 is 11.6 Å². The van der Waals surface area contributed by atoms with E-state index in [1.54, 1.807) is 12.5 Å². The Morgan fingerprint density at radius 1 is 1.45 bits per heavy atom. The van der Waals surface area contributed by atoms with Gasteiger partial charge in [-0.3, -0.25) is 4.79 Å². The van der Waals surface area contributed by atoms with Crippen LogP contribution in [0.1, 0.15) is 22.3 Å². The van der Waals surface area contributed by atoms with Gasteiger partial charge in [0.15, 0.2) is 0 Å². The summed E-state index contributed by atoms with van der Waals surface area (Å²) in [5.41, 5.74) is 3.03. The molecule has 0 spiro atoms. The van der Waals surface area contributed by atoms with E-state index in [4.69, 9.17) is 0 Å². The highest BCUT2D eigenvalue weighted by Crippen LogP contribution is 2.25. The van der Waals surface area contributed by atoms with Crippen molar-refractivity contribution in [1.82, 2.24) is 14.9 Å². The molecule has 2 heterocycles. The van der Waals surface area contributed by atoms with Gasteiger partial charge in [-0.1, -0.05) is 6.07 Å². The van der Waals surface area contributed by atoms with Crippen LogP contribution in [0, 0.1) is 0 Å². The van der Waals surface area contributed by atoms with E-state index in [9.17, 15) is 4.79 Å². The van der Waals surface area contributed by atoms with E-state index in [-0.39, 0.29) is 5.91 Å². The van der Waals surface area contributed by atoms with Crippen molar-refractivity contribution in [2.24, 2.45) is 0 Å². The molecule has 0 bridgehead atoms. The molecule has 1 aliphatic heterocycles. The Morgan fingerprint density at radius 2 is 2.40 bits per heavy atom. The zero-order chi connectivity index (χ0) is 13.8. The predicted octanol–water partition coefficient (Wildman–Crippen LogP) is 1.67. The van der Waals surface area contributed by atoms with Crippen LogP contribution >= 0.6 is 0 Å². The highest BCUT2D eigenvalue weighted by atomic mass is 16.1. The van der Waals surface area contributed by atoms with Gasteiger partial charge in [0, 0.05) is 43.3 Å². The van der Waals surface area contributed by atoms with E-state index in [0.29, 0.717) is 6.54 Å². The maximum atomic E-state index is 12.3. The second-order valence-electron chi connectivity index (χ2n) is 4.92. The number of aromatic nitrogens is 2. The lowest BCUT2D eigenvalue weighted by molar-refractivity contribution is 0.0951. The number of nitrogens with zero attached hydrogens (tertiary/aromatic N) is 2. The van der Waals surface area contributed by atoms with Gasteiger partial charge in [0.1, 0.15) is 0 Å². The summed E-state index contributed by atoms with van der Waals surface area (Å²) < 4.78 is 1.95. The number of amides is 1. The molecule has 5 heteroatoms. The summed E-state index contributed by atoms with van der Waals surface area (Å²) in [6.45, 7) is 2.32. The normalized spacial score (nSPS) is 13.4. The van der Waals surface area contributed by atoms with E-state index in [0.717, 1.165) is 42.7 Å². The molecule has 0 saturated carbocycles. The molecule has 2 N–H and O–H groups in total. The maximum Gasteiger partial charge on any atom is 0.251 e. The molecule has 1 aromatic carbocycles. The number of carbonyl (C=O) groups is 1. The van der Waals surface area contributed by atoms with Gasteiger partial charge in [0.05, 0.1) is 6.33 Å². The third-order valence-electron chi connectivity index (χ3n) is 3.55. The fourth-order valence-electron chi connectivity index (χ4n) is 2.54. The highest BCUT2D eigenvalue weighted by Gasteiger charge is 2.16. The lowest BCUT2D eigenvalue weighted by Crippen LogP contribution is -2.28. The first-order chi connectivity index (χ1) is 9.84. The van der Waals surface area contributed by atoms with E-state index in [2.05, 4.69) is 15.6 Å². The molecule has 104 valence electrons. The second-order valence-corrected chi connectivity index (χ2v) is 4.92. The second kappa shape index (κ2) is 5.77. The Morgan fingerprint density at radius 3 is 3.25 bits per heavy atom. The lowest BCUT2D eigenvalue weighted by Gasteiger charge is -2.20. The standard InChI is InChI=1S/C15H18N4O/c20-15(18-8-10-19-9-7-16-11-19)13-3-1-5-14-12(13)4-2-6-17-14/h1,3,5,7,9,11,17H,2,4,6,8,10H2,(H,18,20). The van der Waals surface area contributed by atoms with Crippen molar-refractivity contribution in [1.29, 1.82) is 0 Å². The van der Waals surface area contributed by atoms with Crippen molar-refractivity contribution in [2.75, 3.05) is 18.4 Å². The van der Waals surface area contributed by atoms with Crippen LogP contribution in [-0.4, -0.2) is 28.5 Å². The molecule has 1 aliphatic rings. The van der Waals surface area contributed by atoms with Gasteiger partial charge in [-0.05, 0) is 30.5 Å². The molecule has 0 aliphatic carbocycles. The van der Waals surface area contributed by atoms with Crippen molar-refractivity contribution < 1.29 is 4.79 Å². The van der Waals surface area contributed by atoms with Gasteiger partial charge >= 0.3 is 0 Å². The molecule has 5 nitrogen and oxygen atoms in total. The third-order valence-corrected chi connectivity index (χ3v) is 3.55. The Kier molecular flexibility index (Phi) is 3.67. The molecule has 1 aromatic heterocycles.